The van der Waals surface area contributed by atoms with Crippen molar-refractivity contribution >= 4 is 27.3 Å². The third-order valence-electron chi connectivity index (χ3n) is 2.46. The van der Waals surface area contributed by atoms with E-state index in [1.54, 1.807) is 12.1 Å². The van der Waals surface area contributed by atoms with Gasteiger partial charge < -0.3 is 11.1 Å². The normalized spacial score (nSPS) is 10.4. The zero-order valence-electron chi connectivity index (χ0n) is 9.38. The van der Waals surface area contributed by atoms with Crippen molar-refractivity contribution in [1.82, 2.24) is 0 Å². The topological polar surface area (TPSA) is 38.0 Å². The minimum atomic E-state index is -0.842. The molecule has 0 atom stereocenters. The summed E-state index contributed by atoms with van der Waals surface area (Å²) in [6.07, 6.45) is 0. The monoisotopic (exact) mass is 312 g/mol. The number of hydrogen-bond acceptors (Lipinski definition) is 2. The molecule has 94 valence electrons. The fourth-order valence-electron chi connectivity index (χ4n) is 1.52. The van der Waals surface area contributed by atoms with Gasteiger partial charge in [-0.15, -0.1) is 0 Å². The summed E-state index contributed by atoms with van der Waals surface area (Å²) in [4.78, 5) is 0. The van der Waals surface area contributed by atoms with Crippen LogP contribution < -0.4 is 11.1 Å². The van der Waals surface area contributed by atoms with Crippen LogP contribution >= 0.6 is 15.9 Å². The van der Waals surface area contributed by atoms with Gasteiger partial charge in [-0.05, 0) is 51.8 Å². The van der Waals surface area contributed by atoms with E-state index in [4.69, 9.17) is 5.73 Å². The van der Waals surface area contributed by atoms with E-state index < -0.39 is 11.6 Å². The molecule has 0 aromatic heterocycles. The second kappa shape index (κ2) is 5.35. The van der Waals surface area contributed by atoms with E-state index in [2.05, 4.69) is 21.2 Å². The average Bonchev–Trinajstić information content (AvgIpc) is 2.32. The molecule has 0 aliphatic carbocycles. The number of rotatable bonds is 3. The summed E-state index contributed by atoms with van der Waals surface area (Å²) >= 11 is 3.37. The highest BCUT2D eigenvalue weighted by Crippen LogP contribution is 2.25. The Kier molecular flexibility index (Phi) is 3.81. The summed E-state index contributed by atoms with van der Waals surface area (Å²) in [5.74, 6) is -1.68. The third kappa shape index (κ3) is 2.98. The Morgan fingerprint density at radius 2 is 1.83 bits per heavy atom. The molecule has 2 aromatic rings. The van der Waals surface area contributed by atoms with Gasteiger partial charge >= 0.3 is 0 Å². The lowest BCUT2D eigenvalue weighted by Crippen LogP contribution is -2.01. The second-order valence-electron chi connectivity index (χ2n) is 3.84. The number of anilines is 2. The van der Waals surface area contributed by atoms with Crippen molar-refractivity contribution in [3.63, 3.8) is 0 Å². The SMILES string of the molecule is Nc1ccc(NCc2ccc(F)c(F)c2)c(Br)c1. The maximum atomic E-state index is 13.0. The molecule has 3 N–H and O–H groups in total. The molecular weight excluding hydrogens is 302 g/mol. The van der Waals surface area contributed by atoms with Gasteiger partial charge in [0.1, 0.15) is 0 Å². The van der Waals surface area contributed by atoms with Crippen LogP contribution in [0.25, 0.3) is 0 Å². The van der Waals surface area contributed by atoms with Crippen LogP contribution in [0.4, 0.5) is 20.2 Å². The van der Waals surface area contributed by atoms with Crippen LogP contribution in [0.3, 0.4) is 0 Å². The summed E-state index contributed by atoms with van der Waals surface area (Å²) in [5.41, 5.74) is 7.78. The standard InChI is InChI=1S/C13H11BrF2N2/c14-10-6-9(17)2-4-13(10)18-7-8-1-3-11(15)12(16)5-8/h1-6,18H,7,17H2. The smallest absolute Gasteiger partial charge is 0.159 e. The molecule has 0 heterocycles. The minimum absolute atomic E-state index is 0.402. The van der Waals surface area contributed by atoms with Crippen molar-refractivity contribution in [2.24, 2.45) is 0 Å². The van der Waals surface area contributed by atoms with Crippen LogP contribution in [0.1, 0.15) is 5.56 Å². The van der Waals surface area contributed by atoms with E-state index in [1.807, 2.05) is 6.07 Å². The van der Waals surface area contributed by atoms with E-state index in [0.717, 1.165) is 16.2 Å². The maximum Gasteiger partial charge on any atom is 0.159 e. The van der Waals surface area contributed by atoms with Crippen LogP contribution in [-0.4, -0.2) is 0 Å². The molecule has 0 aliphatic rings. The van der Waals surface area contributed by atoms with Crippen molar-refractivity contribution in [3.05, 3.63) is 58.1 Å². The molecule has 2 aromatic carbocycles. The molecule has 2 rings (SSSR count). The zero-order valence-corrected chi connectivity index (χ0v) is 11.0. The van der Waals surface area contributed by atoms with Crippen LogP contribution in [0.2, 0.25) is 0 Å². The van der Waals surface area contributed by atoms with Crippen LogP contribution in [-0.2, 0) is 6.54 Å². The second-order valence-corrected chi connectivity index (χ2v) is 4.70. The largest absolute Gasteiger partial charge is 0.399 e. The molecule has 0 saturated carbocycles. The Bertz CT molecular complexity index is 573. The molecular formula is C13H11BrF2N2. The van der Waals surface area contributed by atoms with Gasteiger partial charge in [0.2, 0.25) is 0 Å². The summed E-state index contributed by atoms with van der Waals surface area (Å²) < 4.78 is 26.6. The van der Waals surface area contributed by atoms with E-state index >= 15 is 0 Å². The van der Waals surface area contributed by atoms with Gasteiger partial charge in [0.05, 0.1) is 0 Å². The fourth-order valence-corrected chi connectivity index (χ4v) is 2.06. The summed E-state index contributed by atoms with van der Waals surface area (Å²) in [6.45, 7) is 0.402. The number of nitrogen functional groups attached to an aromatic ring is 1. The minimum Gasteiger partial charge on any atom is -0.399 e. The number of benzene rings is 2. The van der Waals surface area contributed by atoms with Crippen LogP contribution in [0, 0.1) is 11.6 Å². The van der Waals surface area contributed by atoms with Gasteiger partial charge in [0.25, 0.3) is 0 Å². The van der Waals surface area contributed by atoms with Gasteiger partial charge in [-0.2, -0.15) is 0 Å². The first-order chi connectivity index (χ1) is 8.56. The summed E-state index contributed by atoms with van der Waals surface area (Å²) in [5, 5.41) is 3.11. The van der Waals surface area contributed by atoms with Crippen molar-refractivity contribution in [2.75, 3.05) is 11.1 Å². The lowest BCUT2D eigenvalue weighted by Gasteiger charge is -2.09. The van der Waals surface area contributed by atoms with E-state index in [1.165, 1.54) is 12.1 Å². The first kappa shape index (κ1) is 12.8. The predicted octanol–water partition coefficient (Wildman–Crippen LogP) is 3.92. The molecule has 0 unspecified atom stereocenters. The predicted molar refractivity (Wildman–Crippen MR) is 72.2 cm³/mol. The average molecular weight is 313 g/mol. The highest BCUT2D eigenvalue weighted by Gasteiger charge is 2.04. The first-order valence-corrected chi connectivity index (χ1v) is 6.08. The van der Waals surface area contributed by atoms with Gasteiger partial charge in [-0.3, -0.25) is 0 Å². The Hall–Kier alpha value is -1.62. The molecule has 0 saturated heterocycles. The van der Waals surface area contributed by atoms with Gasteiger partial charge in [-0.25, -0.2) is 8.78 Å². The molecule has 0 radical (unpaired) electrons. The molecule has 0 spiro atoms. The van der Waals surface area contributed by atoms with Crippen LogP contribution in [0.15, 0.2) is 40.9 Å². The van der Waals surface area contributed by atoms with Crippen molar-refractivity contribution in [2.45, 2.75) is 6.54 Å². The van der Waals surface area contributed by atoms with Crippen molar-refractivity contribution in [1.29, 1.82) is 0 Å². The molecule has 0 bridgehead atoms. The number of nitrogens with two attached hydrogens (primary N) is 1. The maximum absolute atomic E-state index is 13.0. The first-order valence-electron chi connectivity index (χ1n) is 5.29. The molecule has 5 heteroatoms. The molecule has 18 heavy (non-hydrogen) atoms. The van der Waals surface area contributed by atoms with Gasteiger partial charge in [0.15, 0.2) is 11.6 Å². The fraction of sp³-hybridized carbons (Fsp3) is 0.0769. The number of halogens is 3. The Balaban J connectivity index is 2.09. The Morgan fingerprint density at radius 1 is 1.06 bits per heavy atom. The Morgan fingerprint density at radius 3 is 2.50 bits per heavy atom. The highest BCUT2D eigenvalue weighted by molar-refractivity contribution is 9.10. The van der Waals surface area contributed by atoms with Gasteiger partial charge in [0, 0.05) is 22.4 Å². The summed E-state index contributed by atoms with van der Waals surface area (Å²) in [6, 6.07) is 9.18. The third-order valence-corrected chi connectivity index (χ3v) is 3.12. The highest BCUT2D eigenvalue weighted by atomic mass is 79.9. The van der Waals surface area contributed by atoms with Crippen molar-refractivity contribution in [3.8, 4) is 0 Å². The lowest BCUT2D eigenvalue weighted by atomic mass is 10.2. The van der Waals surface area contributed by atoms with Crippen molar-refractivity contribution < 1.29 is 8.78 Å². The molecule has 2 nitrogen and oxygen atoms in total. The molecule has 0 aliphatic heterocycles. The zero-order chi connectivity index (χ0) is 13.1. The number of hydrogen-bond donors (Lipinski definition) is 2. The van der Waals surface area contributed by atoms with E-state index in [-0.39, 0.29) is 0 Å². The van der Waals surface area contributed by atoms with Crippen LogP contribution in [0.5, 0.6) is 0 Å². The Labute approximate surface area is 112 Å². The van der Waals surface area contributed by atoms with E-state index in [9.17, 15) is 8.78 Å². The van der Waals surface area contributed by atoms with E-state index in [0.29, 0.717) is 17.8 Å². The number of nitrogens with one attached hydrogen (secondary N) is 1. The molecule has 0 fully saturated rings. The lowest BCUT2D eigenvalue weighted by molar-refractivity contribution is 0.507. The quantitative estimate of drug-likeness (QED) is 0.843. The summed E-state index contributed by atoms with van der Waals surface area (Å²) in [7, 11) is 0. The van der Waals surface area contributed by atoms with Gasteiger partial charge in [-0.1, -0.05) is 6.07 Å². The molecule has 0 amide bonds.